The number of halogens is 1. The fourth-order valence-electron chi connectivity index (χ4n) is 4.07. The Kier molecular flexibility index (Phi) is 9.82. The summed E-state index contributed by atoms with van der Waals surface area (Å²) in [5, 5.41) is 5.60. The van der Waals surface area contributed by atoms with E-state index < -0.39 is 32.5 Å². The van der Waals surface area contributed by atoms with E-state index in [1.165, 1.54) is 74.7 Å². The van der Waals surface area contributed by atoms with Crippen LogP contribution in [-0.4, -0.2) is 42.3 Å². The lowest BCUT2D eigenvalue weighted by Crippen LogP contribution is -2.38. The van der Waals surface area contributed by atoms with E-state index in [1.807, 2.05) is 0 Å². The Balaban J connectivity index is 1.54. The van der Waals surface area contributed by atoms with Crippen molar-refractivity contribution in [1.29, 1.82) is 0 Å². The van der Waals surface area contributed by atoms with Gasteiger partial charge in [0.25, 0.3) is 20.0 Å². The molecule has 11 nitrogen and oxygen atoms in total. The predicted molar refractivity (Wildman–Crippen MR) is 170 cm³/mol. The number of benzene rings is 4. The maximum Gasteiger partial charge on any atom is 0.264 e. The zero-order valence-electron chi connectivity index (χ0n) is 23.9. The standard InChI is InChI=1S/C30H29ClN4O7S2/c1-20-28(31)5-4-6-29(20)34-43(38,39)26-15-7-23(8-16-26)33-30(37)19-35(24-11-13-25(42-3)14-12-24)44(40,41)27-17-9-22(10-18-27)32-21(2)36/h4-18,34H,19H2,1-3H3,(H,32,36)(H,33,37). The topological polar surface area (TPSA) is 151 Å². The van der Waals surface area contributed by atoms with Gasteiger partial charge in [-0.05, 0) is 97.4 Å². The lowest BCUT2D eigenvalue weighted by Gasteiger charge is -2.24. The Bertz CT molecular complexity index is 1880. The summed E-state index contributed by atoms with van der Waals surface area (Å²) in [6.07, 6.45) is 0. The molecule has 0 atom stereocenters. The molecule has 0 fully saturated rings. The van der Waals surface area contributed by atoms with Crippen LogP contribution in [0.1, 0.15) is 12.5 Å². The number of amides is 2. The molecule has 44 heavy (non-hydrogen) atoms. The molecule has 0 radical (unpaired) electrons. The van der Waals surface area contributed by atoms with Gasteiger partial charge < -0.3 is 15.4 Å². The van der Waals surface area contributed by atoms with Gasteiger partial charge in [-0.25, -0.2) is 16.8 Å². The van der Waals surface area contributed by atoms with Crippen LogP contribution in [0, 0.1) is 6.92 Å². The van der Waals surface area contributed by atoms with E-state index in [1.54, 1.807) is 37.3 Å². The molecule has 0 bridgehead atoms. The average Bonchev–Trinajstić information content (AvgIpc) is 2.98. The second-order valence-corrected chi connectivity index (χ2v) is 13.5. The Morgan fingerprint density at radius 2 is 1.36 bits per heavy atom. The first-order valence-corrected chi connectivity index (χ1v) is 16.3. The number of ether oxygens (including phenoxy) is 1. The monoisotopic (exact) mass is 656 g/mol. The summed E-state index contributed by atoms with van der Waals surface area (Å²) in [6.45, 7) is 2.42. The second kappa shape index (κ2) is 13.4. The fourth-order valence-corrected chi connectivity index (χ4v) is 6.79. The Morgan fingerprint density at radius 1 is 0.795 bits per heavy atom. The third-order valence-electron chi connectivity index (χ3n) is 6.37. The lowest BCUT2D eigenvalue weighted by atomic mass is 10.2. The van der Waals surface area contributed by atoms with E-state index in [0.717, 1.165) is 4.31 Å². The van der Waals surface area contributed by atoms with Crippen molar-refractivity contribution in [2.24, 2.45) is 0 Å². The van der Waals surface area contributed by atoms with Crippen LogP contribution in [0.25, 0.3) is 0 Å². The van der Waals surface area contributed by atoms with Crippen LogP contribution in [0.5, 0.6) is 5.75 Å². The van der Waals surface area contributed by atoms with E-state index in [2.05, 4.69) is 15.4 Å². The molecule has 0 aliphatic heterocycles. The number of rotatable bonds is 11. The number of carbonyl (C=O) groups excluding carboxylic acids is 2. The van der Waals surface area contributed by atoms with Crippen LogP contribution in [0.2, 0.25) is 5.02 Å². The summed E-state index contributed by atoms with van der Waals surface area (Å²) in [6, 6.07) is 22.0. The third kappa shape index (κ3) is 7.67. The number of carbonyl (C=O) groups is 2. The van der Waals surface area contributed by atoms with Crippen molar-refractivity contribution in [3.05, 3.63) is 102 Å². The molecule has 4 aromatic carbocycles. The van der Waals surface area contributed by atoms with Gasteiger partial charge >= 0.3 is 0 Å². The molecule has 4 aromatic rings. The molecular formula is C30H29ClN4O7S2. The molecule has 0 spiro atoms. The van der Waals surface area contributed by atoms with Crippen molar-refractivity contribution < 1.29 is 31.2 Å². The summed E-state index contributed by atoms with van der Waals surface area (Å²) in [4.78, 5) is 24.3. The van der Waals surface area contributed by atoms with Crippen molar-refractivity contribution in [2.45, 2.75) is 23.6 Å². The minimum atomic E-state index is -4.25. The molecule has 0 saturated carbocycles. The number of methoxy groups -OCH3 is 1. The van der Waals surface area contributed by atoms with Crippen LogP contribution in [0.3, 0.4) is 0 Å². The van der Waals surface area contributed by atoms with Crippen molar-refractivity contribution in [1.82, 2.24) is 0 Å². The molecule has 0 aromatic heterocycles. The Labute approximate surface area is 260 Å². The highest BCUT2D eigenvalue weighted by Gasteiger charge is 2.27. The van der Waals surface area contributed by atoms with Crippen LogP contribution >= 0.6 is 11.6 Å². The molecule has 0 aliphatic carbocycles. The SMILES string of the molecule is COc1ccc(N(CC(=O)Nc2ccc(S(=O)(=O)Nc3cccc(Cl)c3C)cc2)S(=O)(=O)c2ccc(NC(C)=O)cc2)cc1. The normalized spacial score (nSPS) is 11.4. The van der Waals surface area contributed by atoms with Crippen molar-refractivity contribution in [3.8, 4) is 5.75 Å². The predicted octanol–water partition coefficient (Wildman–Crippen LogP) is 5.25. The number of anilines is 4. The number of nitrogens with one attached hydrogen (secondary N) is 3. The summed E-state index contributed by atoms with van der Waals surface area (Å²) >= 11 is 6.10. The van der Waals surface area contributed by atoms with Crippen LogP contribution in [-0.2, 0) is 29.6 Å². The first-order valence-electron chi connectivity index (χ1n) is 13.0. The van der Waals surface area contributed by atoms with Gasteiger partial charge in [0.2, 0.25) is 11.8 Å². The van der Waals surface area contributed by atoms with Gasteiger partial charge in [-0.3, -0.25) is 18.6 Å². The molecule has 4 rings (SSSR count). The van der Waals surface area contributed by atoms with Crippen molar-refractivity contribution in [2.75, 3.05) is 33.3 Å². The van der Waals surface area contributed by atoms with Crippen LogP contribution in [0.4, 0.5) is 22.7 Å². The van der Waals surface area contributed by atoms with E-state index in [4.69, 9.17) is 16.3 Å². The van der Waals surface area contributed by atoms with Gasteiger partial charge in [0.15, 0.2) is 0 Å². The van der Waals surface area contributed by atoms with Gasteiger partial charge in [0.1, 0.15) is 12.3 Å². The van der Waals surface area contributed by atoms with Gasteiger partial charge in [-0.2, -0.15) is 0 Å². The molecule has 0 saturated heterocycles. The number of hydrogen-bond acceptors (Lipinski definition) is 7. The minimum absolute atomic E-state index is 0.0555. The molecule has 2 amide bonds. The molecule has 14 heteroatoms. The van der Waals surface area contributed by atoms with Gasteiger partial charge in [-0.15, -0.1) is 0 Å². The van der Waals surface area contributed by atoms with E-state index in [9.17, 15) is 26.4 Å². The quantitative estimate of drug-likeness (QED) is 0.199. The summed E-state index contributed by atoms with van der Waals surface area (Å²) in [7, 11) is -6.74. The van der Waals surface area contributed by atoms with Crippen molar-refractivity contribution in [3.63, 3.8) is 0 Å². The zero-order chi connectivity index (χ0) is 32.1. The summed E-state index contributed by atoms with van der Waals surface area (Å²) < 4.78 is 61.9. The Morgan fingerprint density at radius 3 is 1.93 bits per heavy atom. The molecule has 230 valence electrons. The van der Waals surface area contributed by atoms with Gasteiger partial charge in [0, 0.05) is 23.3 Å². The average molecular weight is 657 g/mol. The first kappa shape index (κ1) is 32.3. The van der Waals surface area contributed by atoms with Gasteiger partial charge in [-0.1, -0.05) is 17.7 Å². The van der Waals surface area contributed by atoms with E-state index in [0.29, 0.717) is 27.7 Å². The maximum absolute atomic E-state index is 13.7. The molecule has 0 aliphatic rings. The number of nitrogens with zero attached hydrogens (tertiary/aromatic N) is 1. The van der Waals surface area contributed by atoms with Crippen molar-refractivity contribution >= 4 is 66.2 Å². The van der Waals surface area contributed by atoms with E-state index in [-0.39, 0.29) is 27.1 Å². The lowest BCUT2D eigenvalue weighted by molar-refractivity contribution is -0.115. The van der Waals surface area contributed by atoms with Crippen LogP contribution < -0.4 is 24.4 Å². The molecule has 3 N–H and O–H groups in total. The first-order chi connectivity index (χ1) is 20.8. The maximum atomic E-state index is 13.7. The Hall–Kier alpha value is -4.59. The molecule has 0 unspecified atom stereocenters. The number of sulfonamides is 2. The minimum Gasteiger partial charge on any atom is -0.497 e. The fraction of sp³-hybridized carbons (Fsp3) is 0.133. The summed E-state index contributed by atoms with van der Waals surface area (Å²) in [5.41, 5.74) is 1.77. The largest absolute Gasteiger partial charge is 0.497 e. The number of hydrogen-bond donors (Lipinski definition) is 3. The third-order valence-corrected chi connectivity index (χ3v) is 9.95. The second-order valence-electron chi connectivity index (χ2n) is 9.51. The van der Waals surface area contributed by atoms with Gasteiger partial charge in [0.05, 0.1) is 28.3 Å². The highest BCUT2D eigenvalue weighted by molar-refractivity contribution is 7.93. The molecule has 0 heterocycles. The molecular weight excluding hydrogens is 628 g/mol. The highest BCUT2D eigenvalue weighted by Crippen LogP contribution is 2.28. The van der Waals surface area contributed by atoms with E-state index >= 15 is 0 Å². The zero-order valence-corrected chi connectivity index (χ0v) is 26.3. The van der Waals surface area contributed by atoms with Crippen LogP contribution in [0.15, 0.2) is 101 Å². The highest BCUT2D eigenvalue weighted by atomic mass is 35.5. The summed E-state index contributed by atoms with van der Waals surface area (Å²) in [5.74, 6) is -0.497. The smallest absolute Gasteiger partial charge is 0.264 e.